The van der Waals surface area contributed by atoms with Crippen LogP contribution in [-0.2, 0) is 16.6 Å². The van der Waals surface area contributed by atoms with E-state index < -0.39 is 5.41 Å². The summed E-state index contributed by atoms with van der Waals surface area (Å²) in [6, 6.07) is 14.3. The second-order valence-electron chi connectivity index (χ2n) is 6.75. The topological polar surface area (TPSA) is 29.1 Å². The molecule has 0 unspecified atom stereocenters. The maximum atomic E-state index is 14.4. The fourth-order valence-corrected chi connectivity index (χ4v) is 3.89. The Morgan fingerprint density at radius 2 is 1.72 bits per heavy atom. The monoisotopic (exact) mass is 359 g/mol. The van der Waals surface area contributed by atoms with Gasteiger partial charge in [-0.25, -0.2) is 4.39 Å². The van der Waals surface area contributed by atoms with Gasteiger partial charge < -0.3 is 5.32 Å². The van der Waals surface area contributed by atoms with Crippen LogP contribution < -0.4 is 5.32 Å². The number of carbonyl (C=O) groups is 1. The average Bonchev–Trinajstić information content (AvgIpc) is 2.64. The number of benzene rings is 2. The van der Waals surface area contributed by atoms with Gasteiger partial charge in [0.15, 0.2) is 0 Å². The van der Waals surface area contributed by atoms with E-state index in [9.17, 15) is 9.18 Å². The maximum absolute atomic E-state index is 14.4. The number of rotatable bonds is 5. The van der Waals surface area contributed by atoms with Gasteiger partial charge >= 0.3 is 0 Å². The van der Waals surface area contributed by atoms with E-state index in [4.69, 9.17) is 11.6 Å². The van der Waals surface area contributed by atoms with Gasteiger partial charge in [0.25, 0.3) is 0 Å². The zero-order valence-corrected chi connectivity index (χ0v) is 15.0. The number of hydrogen-bond acceptors (Lipinski definition) is 1. The summed E-state index contributed by atoms with van der Waals surface area (Å²) >= 11 is 5.89. The summed E-state index contributed by atoms with van der Waals surface area (Å²) < 4.78 is 14.4. The van der Waals surface area contributed by atoms with Crippen molar-refractivity contribution in [2.45, 2.75) is 43.9 Å². The lowest BCUT2D eigenvalue weighted by molar-refractivity contribution is -0.128. The molecule has 0 bridgehead atoms. The Balaban J connectivity index is 1.72. The number of amides is 1. The van der Waals surface area contributed by atoms with Gasteiger partial charge in [-0.15, -0.1) is 0 Å². The van der Waals surface area contributed by atoms with E-state index in [1.807, 2.05) is 30.3 Å². The van der Waals surface area contributed by atoms with Crippen molar-refractivity contribution >= 4 is 17.5 Å². The van der Waals surface area contributed by atoms with Gasteiger partial charge in [-0.1, -0.05) is 61.2 Å². The third-order valence-corrected chi connectivity index (χ3v) is 5.40. The number of hydrogen-bond donors (Lipinski definition) is 1. The second kappa shape index (κ2) is 8.01. The Morgan fingerprint density at radius 1 is 1.04 bits per heavy atom. The minimum atomic E-state index is -0.733. The summed E-state index contributed by atoms with van der Waals surface area (Å²) in [6.45, 7) is 0.538. The van der Waals surface area contributed by atoms with Crippen molar-refractivity contribution in [1.82, 2.24) is 5.32 Å². The summed E-state index contributed by atoms with van der Waals surface area (Å²) in [6.07, 6.45) is 5.17. The first-order chi connectivity index (χ1) is 12.1. The Kier molecular flexibility index (Phi) is 5.74. The van der Waals surface area contributed by atoms with Gasteiger partial charge in [0, 0.05) is 17.1 Å². The van der Waals surface area contributed by atoms with Crippen molar-refractivity contribution in [3.8, 4) is 0 Å². The molecule has 3 rings (SSSR count). The van der Waals surface area contributed by atoms with Gasteiger partial charge in [0.1, 0.15) is 5.82 Å². The summed E-state index contributed by atoms with van der Waals surface area (Å²) in [4.78, 5) is 13.0. The van der Waals surface area contributed by atoms with Crippen LogP contribution in [0.15, 0.2) is 48.5 Å². The van der Waals surface area contributed by atoms with Crippen molar-refractivity contribution in [2.75, 3.05) is 6.54 Å². The van der Waals surface area contributed by atoms with Gasteiger partial charge in [0.2, 0.25) is 5.91 Å². The first kappa shape index (κ1) is 17.9. The highest BCUT2D eigenvalue weighted by atomic mass is 35.5. The molecule has 132 valence electrons. The summed E-state index contributed by atoms with van der Waals surface area (Å²) in [5.74, 6) is -0.330. The summed E-state index contributed by atoms with van der Waals surface area (Å²) in [7, 11) is 0. The first-order valence-electron chi connectivity index (χ1n) is 8.90. The van der Waals surface area contributed by atoms with Crippen LogP contribution >= 0.6 is 11.6 Å². The van der Waals surface area contributed by atoms with E-state index in [1.54, 1.807) is 12.1 Å². The van der Waals surface area contributed by atoms with Crippen molar-refractivity contribution in [3.05, 3.63) is 70.5 Å². The standard InChI is InChI=1S/C21H23ClFNO/c22-17-10-8-16(9-11-17)12-15-24-20(25)21(13-4-1-5-14-21)18-6-2-3-7-19(18)23/h2-3,6-11H,1,4-5,12-15H2,(H,24,25). The van der Waals surface area contributed by atoms with Gasteiger partial charge in [0.05, 0.1) is 5.41 Å². The van der Waals surface area contributed by atoms with E-state index >= 15 is 0 Å². The van der Waals surface area contributed by atoms with Crippen molar-refractivity contribution in [1.29, 1.82) is 0 Å². The lowest BCUT2D eigenvalue weighted by atomic mass is 9.68. The molecule has 0 spiro atoms. The highest BCUT2D eigenvalue weighted by Gasteiger charge is 2.42. The van der Waals surface area contributed by atoms with Crippen LogP contribution in [0.3, 0.4) is 0 Å². The third kappa shape index (κ3) is 4.04. The molecule has 0 saturated heterocycles. The predicted molar refractivity (Wildman–Crippen MR) is 99.3 cm³/mol. The highest BCUT2D eigenvalue weighted by molar-refractivity contribution is 6.30. The van der Waals surface area contributed by atoms with Crippen LogP contribution in [-0.4, -0.2) is 12.5 Å². The van der Waals surface area contributed by atoms with Crippen LogP contribution in [0.5, 0.6) is 0 Å². The van der Waals surface area contributed by atoms with Crippen LogP contribution in [0.25, 0.3) is 0 Å². The fourth-order valence-electron chi connectivity index (χ4n) is 3.76. The molecule has 1 N–H and O–H groups in total. The lowest BCUT2D eigenvalue weighted by Crippen LogP contribution is -2.46. The number of nitrogens with one attached hydrogen (secondary N) is 1. The van der Waals surface area contributed by atoms with E-state index in [0.29, 0.717) is 30.0 Å². The Bertz CT molecular complexity index is 723. The van der Waals surface area contributed by atoms with E-state index in [1.165, 1.54) is 6.07 Å². The smallest absolute Gasteiger partial charge is 0.230 e. The number of halogens is 2. The average molecular weight is 360 g/mol. The molecule has 1 fully saturated rings. The third-order valence-electron chi connectivity index (χ3n) is 5.14. The van der Waals surface area contributed by atoms with Crippen LogP contribution in [0.4, 0.5) is 4.39 Å². The molecule has 1 amide bonds. The van der Waals surface area contributed by atoms with Gasteiger partial charge in [-0.2, -0.15) is 0 Å². The van der Waals surface area contributed by atoms with E-state index in [2.05, 4.69) is 5.32 Å². The molecule has 0 radical (unpaired) electrons. The van der Waals surface area contributed by atoms with Crippen molar-refractivity contribution in [2.24, 2.45) is 0 Å². The Labute approximate surface area is 153 Å². The molecule has 1 saturated carbocycles. The quantitative estimate of drug-likeness (QED) is 0.796. The molecule has 25 heavy (non-hydrogen) atoms. The molecular formula is C21H23ClFNO. The maximum Gasteiger partial charge on any atom is 0.230 e. The predicted octanol–water partition coefficient (Wildman–Crippen LogP) is 5.04. The van der Waals surface area contributed by atoms with Crippen molar-refractivity contribution in [3.63, 3.8) is 0 Å². The molecule has 2 aromatic carbocycles. The molecule has 0 aliphatic heterocycles. The Hall–Kier alpha value is -1.87. The minimum absolute atomic E-state index is 0.0498. The first-order valence-corrected chi connectivity index (χ1v) is 9.27. The molecule has 0 atom stereocenters. The lowest BCUT2D eigenvalue weighted by Gasteiger charge is -2.36. The minimum Gasteiger partial charge on any atom is -0.355 e. The zero-order chi connectivity index (χ0) is 17.7. The number of carbonyl (C=O) groups excluding carboxylic acids is 1. The molecule has 0 heterocycles. The highest BCUT2D eigenvalue weighted by Crippen LogP contribution is 2.40. The molecule has 4 heteroatoms. The van der Waals surface area contributed by atoms with Gasteiger partial charge in [-0.3, -0.25) is 4.79 Å². The fraction of sp³-hybridized carbons (Fsp3) is 0.381. The largest absolute Gasteiger partial charge is 0.355 e. The molecule has 2 aromatic rings. The van der Waals surface area contributed by atoms with E-state index in [-0.39, 0.29) is 11.7 Å². The van der Waals surface area contributed by atoms with Crippen molar-refractivity contribution < 1.29 is 9.18 Å². The molecule has 1 aliphatic carbocycles. The van der Waals surface area contributed by atoms with Crippen LogP contribution in [0, 0.1) is 5.82 Å². The summed E-state index contributed by atoms with van der Waals surface area (Å²) in [5.41, 5.74) is 0.927. The summed E-state index contributed by atoms with van der Waals surface area (Å²) in [5, 5.41) is 3.75. The zero-order valence-electron chi connectivity index (χ0n) is 14.2. The molecule has 1 aliphatic rings. The molecule has 0 aromatic heterocycles. The van der Waals surface area contributed by atoms with Crippen LogP contribution in [0.2, 0.25) is 5.02 Å². The Morgan fingerprint density at radius 3 is 2.40 bits per heavy atom. The molecular weight excluding hydrogens is 337 g/mol. The van der Waals surface area contributed by atoms with Gasteiger partial charge in [-0.05, 0) is 43.0 Å². The van der Waals surface area contributed by atoms with Crippen LogP contribution in [0.1, 0.15) is 43.2 Å². The second-order valence-corrected chi connectivity index (χ2v) is 7.19. The SMILES string of the molecule is O=C(NCCc1ccc(Cl)cc1)C1(c2ccccc2F)CCCCC1. The normalized spacial score (nSPS) is 16.4. The molecule has 2 nitrogen and oxygen atoms in total. The van der Waals surface area contributed by atoms with E-state index in [0.717, 1.165) is 31.2 Å².